The molecular weight excluding hydrogens is 365 g/mol. The van der Waals surface area contributed by atoms with E-state index < -0.39 is 9.84 Å². The fourth-order valence-electron chi connectivity index (χ4n) is 3.91. The Bertz CT molecular complexity index is 896. The summed E-state index contributed by atoms with van der Waals surface area (Å²) in [6.07, 6.45) is 4.32. The standard InChI is InChI=1S/C21H26FNO3S/c1-14(20-11-7-17(22)13-21(20)26-2)23-18-8-4-16(12-18)15-5-9-19(10-6-15)27(3,24)25/h5-7,9-11,13-14,16,18,23H,4,8,12H2,1-3H3/t14-,16?,18+/m1/s1. The minimum atomic E-state index is -3.16. The van der Waals surface area contributed by atoms with Crippen LogP contribution in [-0.2, 0) is 9.84 Å². The lowest BCUT2D eigenvalue weighted by Gasteiger charge is -2.22. The van der Waals surface area contributed by atoms with Crippen LogP contribution < -0.4 is 10.1 Å². The lowest BCUT2D eigenvalue weighted by Crippen LogP contribution is -2.29. The summed E-state index contributed by atoms with van der Waals surface area (Å²) in [7, 11) is -1.61. The van der Waals surface area contributed by atoms with E-state index in [1.165, 1.54) is 24.0 Å². The Morgan fingerprint density at radius 2 is 1.85 bits per heavy atom. The van der Waals surface area contributed by atoms with Crippen molar-refractivity contribution in [3.63, 3.8) is 0 Å². The molecule has 2 aromatic carbocycles. The first kappa shape index (κ1) is 19.8. The zero-order valence-electron chi connectivity index (χ0n) is 15.9. The maximum absolute atomic E-state index is 13.4. The van der Waals surface area contributed by atoms with Gasteiger partial charge in [0.05, 0.1) is 12.0 Å². The normalized spacial score (nSPS) is 21.2. The van der Waals surface area contributed by atoms with E-state index in [1.54, 1.807) is 25.3 Å². The van der Waals surface area contributed by atoms with Crippen molar-refractivity contribution in [3.8, 4) is 5.75 Å². The lowest BCUT2D eigenvalue weighted by atomic mass is 9.97. The number of benzene rings is 2. The number of hydrogen-bond donors (Lipinski definition) is 1. The van der Waals surface area contributed by atoms with Crippen LogP contribution in [0, 0.1) is 5.82 Å². The van der Waals surface area contributed by atoms with E-state index in [4.69, 9.17) is 4.74 Å². The zero-order chi connectivity index (χ0) is 19.6. The molecule has 0 aromatic heterocycles. The molecule has 3 atom stereocenters. The highest BCUT2D eigenvalue weighted by atomic mass is 32.2. The first-order chi connectivity index (χ1) is 12.8. The Hall–Kier alpha value is -1.92. The lowest BCUT2D eigenvalue weighted by molar-refractivity contribution is 0.389. The average molecular weight is 392 g/mol. The van der Waals surface area contributed by atoms with Gasteiger partial charge in [-0.25, -0.2) is 12.8 Å². The van der Waals surface area contributed by atoms with Crippen molar-refractivity contribution >= 4 is 9.84 Å². The first-order valence-electron chi connectivity index (χ1n) is 9.17. The smallest absolute Gasteiger partial charge is 0.175 e. The molecule has 27 heavy (non-hydrogen) atoms. The molecule has 1 fully saturated rings. The van der Waals surface area contributed by atoms with Crippen LogP contribution >= 0.6 is 0 Å². The van der Waals surface area contributed by atoms with Gasteiger partial charge < -0.3 is 10.1 Å². The van der Waals surface area contributed by atoms with Crippen LogP contribution in [0.5, 0.6) is 5.75 Å². The Morgan fingerprint density at radius 1 is 1.15 bits per heavy atom. The molecule has 0 radical (unpaired) electrons. The second-order valence-electron chi connectivity index (χ2n) is 7.32. The summed E-state index contributed by atoms with van der Waals surface area (Å²) < 4.78 is 41.9. The molecule has 1 N–H and O–H groups in total. The molecule has 2 aromatic rings. The monoisotopic (exact) mass is 391 g/mol. The number of sulfone groups is 1. The van der Waals surface area contributed by atoms with E-state index in [-0.39, 0.29) is 11.9 Å². The van der Waals surface area contributed by atoms with Crippen LogP contribution in [0.4, 0.5) is 4.39 Å². The van der Waals surface area contributed by atoms with Crippen molar-refractivity contribution < 1.29 is 17.5 Å². The molecule has 1 aliphatic rings. The van der Waals surface area contributed by atoms with Gasteiger partial charge in [0, 0.05) is 30.0 Å². The van der Waals surface area contributed by atoms with Crippen LogP contribution in [0.3, 0.4) is 0 Å². The molecule has 0 heterocycles. The molecule has 0 aliphatic heterocycles. The van der Waals surface area contributed by atoms with Crippen LogP contribution in [-0.4, -0.2) is 27.8 Å². The molecule has 0 spiro atoms. The van der Waals surface area contributed by atoms with Crippen LogP contribution in [0.25, 0.3) is 0 Å². The van der Waals surface area contributed by atoms with E-state index >= 15 is 0 Å². The third-order valence-corrected chi connectivity index (χ3v) is 6.49. The largest absolute Gasteiger partial charge is 0.496 e. The van der Waals surface area contributed by atoms with E-state index in [9.17, 15) is 12.8 Å². The third-order valence-electron chi connectivity index (χ3n) is 5.36. The second-order valence-corrected chi connectivity index (χ2v) is 9.34. The first-order valence-corrected chi connectivity index (χ1v) is 11.1. The summed E-state index contributed by atoms with van der Waals surface area (Å²) in [6.45, 7) is 2.06. The van der Waals surface area contributed by atoms with Crippen LogP contribution in [0.2, 0.25) is 0 Å². The molecule has 6 heteroatoms. The predicted molar refractivity (Wildman–Crippen MR) is 104 cm³/mol. The van der Waals surface area contributed by atoms with Crippen molar-refractivity contribution in [3.05, 3.63) is 59.4 Å². The van der Waals surface area contributed by atoms with Crippen molar-refractivity contribution in [2.45, 2.75) is 49.1 Å². The summed E-state index contributed by atoms with van der Waals surface area (Å²) in [6, 6.07) is 12.3. The third kappa shape index (κ3) is 4.68. The fraction of sp³-hybridized carbons (Fsp3) is 0.429. The molecule has 1 aliphatic carbocycles. The predicted octanol–water partition coefficient (Wildman–Crippen LogP) is 4.22. The van der Waals surface area contributed by atoms with Gasteiger partial charge in [0.2, 0.25) is 0 Å². The number of nitrogens with one attached hydrogen (secondary N) is 1. The van der Waals surface area contributed by atoms with Gasteiger partial charge in [-0.1, -0.05) is 18.2 Å². The van der Waals surface area contributed by atoms with Gasteiger partial charge in [-0.15, -0.1) is 0 Å². The Labute approximate surface area is 160 Å². The van der Waals surface area contributed by atoms with Gasteiger partial charge in [-0.2, -0.15) is 0 Å². The van der Waals surface area contributed by atoms with Gasteiger partial charge in [0.15, 0.2) is 9.84 Å². The highest BCUT2D eigenvalue weighted by molar-refractivity contribution is 7.90. The number of hydrogen-bond acceptors (Lipinski definition) is 4. The molecule has 4 nitrogen and oxygen atoms in total. The Morgan fingerprint density at radius 3 is 2.48 bits per heavy atom. The fourth-order valence-corrected chi connectivity index (χ4v) is 4.54. The SMILES string of the molecule is COc1cc(F)ccc1[C@@H](C)N[C@H]1CCC(c2ccc(S(C)(=O)=O)cc2)C1. The maximum Gasteiger partial charge on any atom is 0.175 e. The van der Waals surface area contributed by atoms with Crippen LogP contribution in [0.15, 0.2) is 47.4 Å². The zero-order valence-corrected chi connectivity index (χ0v) is 16.7. The quantitative estimate of drug-likeness (QED) is 0.801. The van der Waals surface area contributed by atoms with Gasteiger partial charge in [-0.05, 0) is 55.9 Å². The van der Waals surface area contributed by atoms with E-state index in [1.807, 2.05) is 12.1 Å². The number of rotatable bonds is 6. The maximum atomic E-state index is 13.4. The summed E-state index contributed by atoms with van der Waals surface area (Å²) in [4.78, 5) is 0.357. The Kier molecular flexibility index (Phi) is 5.86. The highest BCUT2D eigenvalue weighted by Crippen LogP contribution is 2.36. The van der Waals surface area contributed by atoms with Gasteiger partial charge in [0.25, 0.3) is 0 Å². The number of halogens is 1. The van der Waals surface area contributed by atoms with E-state index in [0.29, 0.717) is 22.6 Å². The van der Waals surface area contributed by atoms with Crippen LogP contribution in [0.1, 0.15) is 49.3 Å². The molecule has 1 saturated carbocycles. The van der Waals surface area contributed by atoms with Gasteiger partial charge in [-0.3, -0.25) is 0 Å². The second kappa shape index (κ2) is 7.98. The number of ether oxygens (including phenoxy) is 1. The van der Waals surface area contributed by atoms with Crippen molar-refractivity contribution in [1.82, 2.24) is 5.32 Å². The summed E-state index contributed by atoms with van der Waals surface area (Å²) in [5.41, 5.74) is 2.12. The molecule has 1 unspecified atom stereocenters. The highest BCUT2D eigenvalue weighted by Gasteiger charge is 2.27. The molecule has 3 rings (SSSR count). The molecule has 0 saturated heterocycles. The topological polar surface area (TPSA) is 55.4 Å². The minimum absolute atomic E-state index is 0.0527. The van der Waals surface area contributed by atoms with Crippen molar-refractivity contribution in [2.24, 2.45) is 0 Å². The summed E-state index contributed by atoms with van der Waals surface area (Å²) in [5.74, 6) is 0.667. The van der Waals surface area contributed by atoms with Gasteiger partial charge in [0.1, 0.15) is 11.6 Å². The average Bonchev–Trinajstić information content (AvgIpc) is 3.09. The van der Waals surface area contributed by atoms with E-state index in [0.717, 1.165) is 24.8 Å². The van der Waals surface area contributed by atoms with Crippen molar-refractivity contribution in [2.75, 3.05) is 13.4 Å². The molecule has 146 valence electrons. The molecular formula is C21H26FNO3S. The summed E-state index contributed by atoms with van der Waals surface area (Å²) in [5, 5.41) is 3.63. The van der Waals surface area contributed by atoms with E-state index in [2.05, 4.69) is 12.2 Å². The minimum Gasteiger partial charge on any atom is -0.496 e. The summed E-state index contributed by atoms with van der Waals surface area (Å²) >= 11 is 0. The number of methoxy groups -OCH3 is 1. The molecule has 0 bridgehead atoms. The van der Waals surface area contributed by atoms with Gasteiger partial charge >= 0.3 is 0 Å². The van der Waals surface area contributed by atoms with Crippen molar-refractivity contribution in [1.29, 1.82) is 0 Å². The molecule has 0 amide bonds. The Balaban J connectivity index is 1.64.